The van der Waals surface area contributed by atoms with Crippen molar-refractivity contribution in [1.29, 1.82) is 0 Å². The van der Waals surface area contributed by atoms with Crippen molar-refractivity contribution in [2.75, 3.05) is 10.6 Å². The number of anilines is 2. The average Bonchev–Trinajstić information content (AvgIpc) is 2.70. The number of fused-ring (bicyclic) bond motifs is 1. The molecule has 0 aliphatic carbocycles. The van der Waals surface area contributed by atoms with E-state index in [2.05, 4.69) is 26.6 Å². The Morgan fingerprint density at radius 2 is 2.00 bits per heavy atom. The lowest BCUT2D eigenvalue weighted by Crippen LogP contribution is -2.20. The van der Waals surface area contributed by atoms with Crippen molar-refractivity contribution in [2.24, 2.45) is 0 Å². The first-order chi connectivity index (χ1) is 9.56. The first-order valence-electron chi connectivity index (χ1n) is 5.87. The van der Waals surface area contributed by atoms with Gasteiger partial charge >= 0.3 is 0 Å². The second-order valence-corrected chi connectivity index (χ2v) is 6.09. The van der Waals surface area contributed by atoms with Crippen LogP contribution in [-0.4, -0.2) is 5.91 Å². The van der Waals surface area contributed by atoms with Gasteiger partial charge in [0.15, 0.2) is 0 Å². The van der Waals surface area contributed by atoms with Crippen LogP contribution in [0.25, 0.3) is 0 Å². The summed E-state index contributed by atoms with van der Waals surface area (Å²) in [6.07, 6.45) is 0. The second-order valence-electron chi connectivity index (χ2n) is 4.39. The molecule has 0 radical (unpaired) electrons. The van der Waals surface area contributed by atoms with Gasteiger partial charge in [-0.15, -0.1) is 0 Å². The number of carbonyl (C=O) groups is 1. The van der Waals surface area contributed by atoms with Crippen molar-refractivity contribution in [3.63, 3.8) is 0 Å². The Morgan fingerprint density at radius 3 is 2.75 bits per heavy atom. The SMILES string of the molecule is O=C1Nc2cccc(Br)c2C1Nc1ccc(Cl)cc1Cl. The zero-order valence-electron chi connectivity index (χ0n) is 10.1. The van der Waals surface area contributed by atoms with Gasteiger partial charge in [-0.25, -0.2) is 0 Å². The molecule has 6 heteroatoms. The predicted octanol–water partition coefficient (Wildman–Crippen LogP) is 4.86. The monoisotopic (exact) mass is 370 g/mol. The lowest BCUT2D eigenvalue weighted by Gasteiger charge is -2.15. The lowest BCUT2D eigenvalue weighted by atomic mass is 10.1. The molecule has 1 aliphatic heterocycles. The number of benzene rings is 2. The van der Waals surface area contributed by atoms with E-state index in [1.54, 1.807) is 18.2 Å². The lowest BCUT2D eigenvalue weighted by molar-refractivity contribution is -0.116. The van der Waals surface area contributed by atoms with Gasteiger partial charge in [0, 0.05) is 20.7 Å². The third kappa shape index (κ3) is 2.39. The van der Waals surface area contributed by atoms with Gasteiger partial charge in [0.05, 0.1) is 10.7 Å². The van der Waals surface area contributed by atoms with Gasteiger partial charge < -0.3 is 10.6 Å². The Balaban J connectivity index is 1.98. The van der Waals surface area contributed by atoms with Gasteiger partial charge in [0.2, 0.25) is 0 Å². The van der Waals surface area contributed by atoms with E-state index in [0.29, 0.717) is 15.7 Å². The largest absolute Gasteiger partial charge is 0.369 e. The van der Waals surface area contributed by atoms with Crippen LogP contribution in [0.2, 0.25) is 10.0 Å². The maximum absolute atomic E-state index is 12.1. The Bertz CT molecular complexity index is 706. The minimum absolute atomic E-state index is 0.113. The smallest absolute Gasteiger partial charge is 0.251 e. The number of hydrogen-bond acceptors (Lipinski definition) is 2. The molecule has 2 N–H and O–H groups in total. The topological polar surface area (TPSA) is 41.1 Å². The maximum Gasteiger partial charge on any atom is 0.251 e. The van der Waals surface area contributed by atoms with Crippen molar-refractivity contribution in [3.8, 4) is 0 Å². The quantitative estimate of drug-likeness (QED) is 0.791. The van der Waals surface area contributed by atoms with Crippen molar-refractivity contribution in [2.45, 2.75) is 6.04 Å². The van der Waals surface area contributed by atoms with Crippen molar-refractivity contribution < 1.29 is 4.79 Å². The van der Waals surface area contributed by atoms with Crippen LogP contribution in [0.1, 0.15) is 11.6 Å². The van der Waals surface area contributed by atoms with Gasteiger partial charge in [-0.1, -0.05) is 45.2 Å². The Morgan fingerprint density at radius 1 is 1.20 bits per heavy atom. The Kier molecular flexibility index (Phi) is 3.63. The highest BCUT2D eigenvalue weighted by Gasteiger charge is 2.32. The molecule has 1 unspecified atom stereocenters. The molecule has 0 fully saturated rings. The van der Waals surface area contributed by atoms with Gasteiger partial charge in [-0.2, -0.15) is 0 Å². The fourth-order valence-electron chi connectivity index (χ4n) is 2.18. The molecule has 0 bridgehead atoms. The molecule has 0 saturated heterocycles. The molecular formula is C14H9BrCl2N2O. The summed E-state index contributed by atoms with van der Waals surface area (Å²) >= 11 is 15.5. The fraction of sp³-hybridized carbons (Fsp3) is 0.0714. The molecule has 102 valence electrons. The highest BCUT2D eigenvalue weighted by atomic mass is 79.9. The summed E-state index contributed by atoms with van der Waals surface area (Å²) in [5, 5.41) is 7.02. The van der Waals surface area contributed by atoms with Crippen LogP contribution in [0.3, 0.4) is 0 Å². The molecule has 0 saturated carbocycles. The maximum atomic E-state index is 12.1. The number of amides is 1. The number of halogens is 3. The molecule has 3 rings (SSSR count). The number of rotatable bonds is 2. The third-order valence-electron chi connectivity index (χ3n) is 3.09. The molecule has 20 heavy (non-hydrogen) atoms. The average molecular weight is 372 g/mol. The molecule has 2 aromatic rings. The standard InChI is InChI=1S/C14H9BrCl2N2O/c15-8-2-1-3-11-12(8)13(14(20)19-11)18-10-5-4-7(16)6-9(10)17/h1-6,13,18H,(H,19,20). The molecule has 1 heterocycles. The van der Waals surface area contributed by atoms with Crippen LogP contribution in [0.4, 0.5) is 11.4 Å². The molecule has 0 spiro atoms. The normalized spacial score (nSPS) is 16.8. The van der Waals surface area contributed by atoms with Crippen LogP contribution in [-0.2, 0) is 4.79 Å². The van der Waals surface area contributed by atoms with Crippen LogP contribution in [0.5, 0.6) is 0 Å². The minimum atomic E-state index is -0.487. The van der Waals surface area contributed by atoms with Crippen LogP contribution >= 0.6 is 39.1 Å². The van der Waals surface area contributed by atoms with E-state index in [0.717, 1.165) is 15.7 Å². The van der Waals surface area contributed by atoms with E-state index in [4.69, 9.17) is 23.2 Å². The van der Waals surface area contributed by atoms with Gasteiger partial charge in [0.25, 0.3) is 5.91 Å². The number of nitrogens with one attached hydrogen (secondary N) is 2. The summed E-state index contributed by atoms with van der Waals surface area (Å²) in [4.78, 5) is 12.1. The first kappa shape index (κ1) is 13.7. The van der Waals surface area contributed by atoms with E-state index in [-0.39, 0.29) is 5.91 Å². The molecular weight excluding hydrogens is 363 g/mol. The van der Waals surface area contributed by atoms with Gasteiger partial charge in [0.1, 0.15) is 6.04 Å². The van der Waals surface area contributed by atoms with Crippen molar-refractivity contribution in [3.05, 3.63) is 56.5 Å². The second kappa shape index (κ2) is 5.28. The fourth-order valence-corrected chi connectivity index (χ4v) is 3.23. The molecule has 1 atom stereocenters. The predicted molar refractivity (Wildman–Crippen MR) is 85.6 cm³/mol. The first-order valence-corrected chi connectivity index (χ1v) is 7.42. The van der Waals surface area contributed by atoms with Crippen molar-refractivity contribution in [1.82, 2.24) is 0 Å². The minimum Gasteiger partial charge on any atom is -0.369 e. The van der Waals surface area contributed by atoms with Crippen LogP contribution in [0, 0.1) is 0 Å². The molecule has 3 nitrogen and oxygen atoms in total. The highest BCUT2D eigenvalue weighted by Crippen LogP contribution is 2.39. The van der Waals surface area contributed by atoms with E-state index < -0.39 is 6.04 Å². The van der Waals surface area contributed by atoms with E-state index >= 15 is 0 Å². The van der Waals surface area contributed by atoms with Crippen LogP contribution < -0.4 is 10.6 Å². The van der Waals surface area contributed by atoms with Crippen molar-refractivity contribution >= 4 is 56.4 Å². The zero-order valence-corrected chi connectivity index (χ0v) is 13.2. The highest BCUT2D eigenvalue weighted by molar-refractivity contribution is 9.10. The molecule has 2 aromatic carbocycles. The van der Waals surface area contributed by atoms with E-state index in [1.165, 1.54) is 0 Å². The molecule has 1 aliphatic rings. The molecule has 0 aromatic heterocycles. The van der Waals surface area contributed by atoms with E-state index in [1.807, 2.05) is 18.2 Å². The summed E-state index contributed by atoms with van der Waals surface area (Å²) in [6, 6.07) is 10.3. The van der Waals surface area contributed by atoms with Crippen LogP contribution in [0.15, 0.2) is 40.9 Å². The zero-order chi connectivity index (χ0) is 14.3. The summed E-state index contributed by atoms with van der Waals surface area (Å²) in [5.74, 6) is -0.113. The third-order valence-corrected chi connectivity index (χ3v) is 4.33. The molecule has 1 amide bonds. The Hall–Kier alpha value is -1.23. The summed E-state index contributed by atoms with van der Waals surface area (Å²) < 4.78 is 0.871. The Labute approximate surface area is 134 Å². The summed E-state index contributed by atoms with van der Waals surface area (Å²) in [5.41, 5.74) is 2.34. The van der Waals surface area contributed by atoms with Gasteiger partial charge in [-0.3, -0.25) is 4.79 Å². The number of hydrogen-bond donors (Lipinski definition) is 2. The van der Waals surface area contributed by atoms with Gasteiger partial charge in [-0.05, 0) is 30.3 Å². The number of carbonyl (C=O) groups excluding carboxylic acids is 1. The summed E-state index contributed by atoms with van der Waals surface area (Å²) in [7, 11) is 0. The van der Waals surface area contributed by atoms with E-state index in [9.17, 15) is 4.79 Å². The summed E-state index contributed by atoms with van der Waals surface area (Å²) in [6.45, 7) is 0.